The van der Waals surface area contributed by atoms with Gasteiger partial charge in [0.15, 0.2) is 5.84 Å². The lowest BCUT2D eigenvalue weighted by molar-refractivity contribution is 0.318. The Morgan fingerprint density at radius 2 is 2.29 bits per heavy atom. The van der Waals surface area contributed by atoms with Gasteiger partial charge in [-0.1, -0.05) is 19.0 Å². The Kier molecular flexibility index (Phi) is 4.75. The molecule has 3 N–H and O–H groups in total. The lowest BCUT2D eigenvalue weighted by atomic mass is 10.1. The molecule has 1 rings (SSSR count). The largest absolute Gasteiger partial charge is 0.409 e. The summed E-state index contributed by atoms with van der Waals surface area (Å²) in [4.78, 5) is 6.33. The average molecular weight is 236 g/mol. The van der Waals surface area contributed by atoms with Crippen molar-refractivity contribution in [2.45, 2.75) is 20.3 Å². The maximum atomic E-state index is 8.62. The van der Waals surface area contributed by atoms with Gasteiger partial charge in [0.2, 0.25) is 0 Å². The average Bonchev–Trinajstić information content (AvgIpc) is 2.35. The quantitative estimate of drug-likeness (QED) is 0.353. The third-order valence-electron chi connectivity index (χ3n) is 2.58. The van der Waals surface area contributed by atoms with E-state index in [9.17, 15) is 0 Å². The summed E-state index contributed by atoms with van der Waals surface area (Å²) in [5.41, 5.74) is 6.21. The highest BCUT2D eigenvalue weighted by Gasteiger charge is 2.06. The summed E-state index contributed by atoms with van der Waals surface area (Å²) in [6.07, 6.45) is 2.76. The molecule has 5 heteroatoms. The Labute approximate surface area is 102 Å². The standard InChI is InChI=1S/C12H20N4O/c1-9(2)5-7-16(3)11-8-10(4-6-14-11)12(13)15-17/h4,6,8-9,17H,5,7H2,1-3H3,(H2,13,15). The predicted molar refractivity (Wildman–Crippen MR) is 69.5 cm³/mol. The summed E-state index contributed by atoms with van der Waals surface area (Å²) in [6, 6.07) is 3.53. The minimum atomic E-state index is 0.103. The first-order valence-corrected chi connectivity index (χ1v) is 5.69. The summed E-state index contributed by atoms with van der Waals surface area (Å²) in [7, 11) is 1.99. The number of pyridine rings is 1. The monoisotopic (exact) mass is 236 g/mol. The van der Waals surface area contributed by atoms with Gasteiger partial charge in [-0.15, -0.1) is 0 Å². The van der Waals surface area contributed by atoms with Crippen LogP contribution >= 0.6 is 0 Å². The van der Waals surface area contributed by atoms with Crippen molar-refractivity contribution >= 4 is 11.7 Å². The number of oxime groups is 1. The number of hydrogen-bond donors (Lipinski definition) is 2. The van der Waals surface area contributed by atoms with Crippen LogP contribution in [-0.4, -0.2) is 29.6 Å². The molecule has 5 nitrogen and oxygen atoms in total. The van der Waals surface area contributed by atoms with Gasteiger partial charge in [-0.3, -0.25) is 0 Å². The van der Waals surface area contributed by atoms with Crippen LogP contribution in [0, 0.1) is 5.92 Å². The molecule has 0 spiro atoms. The van der Waals surface area contributed by atoms with E-state index in [2.05, 4.69) is 28.9 Å². The van der Waals surface area contributed by atoms with Gasteiger partial charge in [0.1, 0.15) is 5.82 Å². The molecule has 1 aromatic rings. The number of nitrogens with zero attached hydrogens (tertiary/aromatic N) is 3. The van der Waals surface area contributed by atoms with Crippen LogP contribution in [0.25, 0.3) is 0 Å². The fraction of sp³-hybridized carbons (Fsp3) is 0.500. The van der Waals surface area contributed by atoms with Crippen LogP contribution in [0.1, 0.15) is 25.8 Å². The molecule has 0 saturated heterocycles. The molecule has 0 aromatic carbocycles. The minimum absolute atomic E-state index is 0.103. The first kappa shape index (κ1) is 13.3. The topological polar surface area (TPSA) is 74.7 Å². The highest BCUT2D eigenvalue weighted by atomic mass is 16.4. The number of anilines is 1. The zero-order valence-electron chi connectivity index (χ0n) is 10.6. The summed E-state index contributed by atoms with van der Waals surface area (Å²) < 4.78 is 0. The molecule has 0 atom stereocenters. The van der Waals surface area contributed by atoms with Gasteiger partial charge in [-0.05, 0) is 24.5 Å². The lowest BCUT2D eigenvalue weighted by Crippen LogP contribution is -2.22. The normalized spacial score (nSPS) is 11.9. The van der Waals surface area contributed by atoms with E-state index in [4.69, 9.17) is 10.9 Å². The van der Waals surface area contributed by atoms with E-state index in [1.54, 1.807) is 12.3 Å². The van der Waals surface area contributed by atoms with Crippen molar-refractivity contribution in [1.29, 1.82) is 0 Å². The highest BCUT2D eigenvalue weighted by molar-refractivity contribution is 5.97. The molecule has 0 radical (unpaired) electrons. The van der Waals surface area contributed by atoms with Gasteiger partial charge >= 0.3 is 0 Å². The van der Waals surface area contributed by atoms with Crippen molar-refractivity contribution in [3.05, 3.63) is 23.9 Å². The van der Waals surface area contributed by atoms with E-state index >= 15 is 0 Å². The van der Waals surface area contributed by atoms with Crippen LogP contribution in [0.2, 0.25) is 0 Å². The van der Waals surface area contributed by atoms with Crippen molar-refractivity contribution in [3.63, 3.8) is 0 Å². The molecule has 0 aliphatic carbocycles. The van der Waals surface area contributed by atoms with Crippen molar-refractivity contribution in [3.8, 4) is 0 Å². The molecule has 1 heterocycles. The van der Waals surface area contributed by atoms with Gasteiger partial charge in [0.25, 0.3) is 0 Å². The van der Waals surface area contributed by atoms with E-state index < -0.39 is 0 Å². The number of hydrogen-bond acceptors (Lipinski definition) is 4. The van der Waals surface area contributed by atoms with Gasteiger partial charge in [-0.25, -0.2) is 4.98 Å². The number of amidine groups is 1. The summed E-state index contributed by atoms with van der Waals surface area (Å²) >= 11 is 0. The third kappa shape index (κ3) is 3.94. The third-order valence-corrected chi connectivity index (χ3v) is 2.58. The maximum absolute atomic E-state index is 8.62. The molecule has 1 aromatic heterocycles. The van der Waals surface area contributed by atoms with Gasteiger partial charge in [0.05, 0.1) is 0 Å². The van der Waals surface area contributed by atoms with E-state index in [-0.39, 0.29) is 5.84 Å². The van der Waals surface area contributed by atoms with Gasteiger partial charge in [-0.2, -0.15) is 0 Å². The molecular formula is C12H20N4O. The van der Waals surface area contributed by atoms with E-state index in [1.807, 2.05) is 13.1 Å². The van der Waals surface area contributed by atoms with Crippen LogP contribution < -0.4 is 10.6 Å². The fourth-order valence-electron chi connectivity index (χ4n) is 1.41. The minimum Gasteiger partial charge on any atom is -0.409 e. The highest BCUT2D eigenvalue weighted by Crippen LogP contribution is 2.12. The Morgan fingerprint density at radius 1 is 1.59 bits per heavy atom. The first-order valence-electron chi connectivity index (χ1n) is 5.69. The molecule has 0 saturated carbocycles. The zero-order chi connectivity index (χ0) is 12.8. The molecular weight excluding hydrogens is 216 g/mol. The molecule has 0 aliphatic heterocycles. The van der Waals surface area contributed by atoms with E-state index in [1.165, 1.54) is 0 Å². The van der Waals surface area contributed by atoms with E-state index in [0.29, 0.717) is 11.5 Å². The summed E-state index contributed by atoms with van der Waals surface area (Å²) in [5, 5.41) is 11.6. The van der Waals surface area contributed by atoms with Crippen molar-refractivity contribution in [2.24, 2.45) is 16.8 Å². The zero-order valence-corrected chi connectivity index (χ0v) is 10.6. The molecule has 0 aliphatic rings. The Bertz CT molecular complexity index is 390. The van der Waals surface area contributed by atoms with Crippen LogP contribution in [0.15, 0.2) is 23.5 Å². The molecule has 0 amide bonds. The lowest BCUT2D eigenvalue weighted by Gasteiger charge is -2.19. The van der Waals surface area contributed by atoms with Gasteiger partial charge < -0.3 is 15.8 Å². The number of aromatic nitrogens is 1. The number of rotatable bonds is 5. The van der Waals surface area contributed by atoms with Crippen LogP contribution in [0.3, 0.4) is 0 Å². The van der Waals surface area contributed by atoms with Crippen molar-refractivity contribution in [2.75, 3.05) is 18.5 Å². The van der Waals surface area contributed by atoms with Crippen LogP contribution in [-0.2, 0) is 0 Å². The second kappa shape index (κ2) is 6.08. The Morgan fingerprint density at radius 3 is 2.88 bits per heavy atom. The fourth-order valence-corrected chi connectivity index (χ4v) is 1.41. The summed E-state index contributed by atoms with van der Waals surface area (Å²) in [5.74, 6) is 1.59. The second-order valence-corrected chi connectivity index (χ2v) is 4.49. The van der Waals surface area contributed by atoms with Crippen LogP contribution in [0.5, 0.6) is 0 Å². The smallest absolute Gasteiger partial charge is 0.170 e. The molecule has 0 bridgehead atoms. The van der Waals surface area contributed by atoms with Crippen LogP contribution in [0.4, 0.5) is 5.82 Å². The summed E-state index contributed by atoms with van der Waals surface area (Å²) in [6.45, 7) is 5.31. The SMILES string of the molecule is CC(C)CCN(C)c1cc(/C(N)=N/O)ccn1. The number of nitrogens with two attached hydrogens (primary N) is 1. The predicted octanol–water partition coefficient (Wildman–Crippen LogP) is 1.66. The molecule has 17 heavy (non-hydrogen) atoms. The Hall–Kier alpha value is -1.78. The second-order valence-electron chi connectivity index (χ2n) is 4.49. The first-order chi connectivity index (χ1) is 8.04. The Balaban J connectivity index is 2.77. The molecule has 0 unspecified atom stereocenters. The van der Waals surface area contributed by atoms with Crippen molar-refractivity contribution < 1.29 is 5.21 Å². The maximum Gasteiger partial charge on any atom is 0.170 e. The van der Waals surface area contributed by atoms with E-state index in [0.717, 1.165) is 18.8 Å². The molecule has 0 fully saturated rings. The van der Waals surface area contributed by atoms with Gasteiger partial charge in [0, 0.05) is 25.4 Å². The van der Waals surface area contributed by atoms with Crippen molar-refractivity contribution in [1.82, 2.24) is 4.98 Å². The molecule has 94 valence electrons.